The van der Waals surface area contributed by atoms with E-state index < -0.39 is 0 Å². The van der Waals surface area contributed by atoms with Crippen molar-refractivity contribution < 1.29 is 9.53 Å². The lowest BCUT2D eigenvalue weighted by Gasteiger charge is -2.19. The number of hydrogen-bond acceptors (Lipinski definition) is 6. The van der Waals surface area contributed by atoms with Gasteiger partial charge in [-0.1, -0.05) is 12.1 Å². The van der Waals surface area contributed by atoms with Crippen molar-refractivity contribution in [3.63, 3.8) is 0 Å². The lowest BCUT2D eigenvalue weighted by atomic mass is 10.2. The first-order valence-electron chi connectivity index (χ1n) is 9.05. The fraction of sp³-hybridized carbons (Fsp3) is 0.368. The Kier molecular flexibility index (Phi) is 5.85. The summed E-state index contributed by atoms with van der Waals surface area (Å²) < 4.78 is 6.97. The second-order valence-corrected chi connectivity index (χ2v) is 6.00. The summed E-state index contributed by atoms with van der Waals surface area (Å²) in [6.07, 6.45) is 0.715. The fourth-order valence-electron chi connectivity index (χ4n) is 2.88. The SMILES string of the molecule is CCN(CC)c1ccc2nnc(CCC(=O)Nc3ccccc3OC)n2n1. The van der Waals surface area contributed by atoms with Crippen LogP contribution in [0.5, 0.6) is 5.75 Å². The zero-order valence-corrected chi connectivity index (χ0v) is 15.8. The lowest BCUT2D eigenvalue weighted by Crippen LogP contribution is -2.23. The predicted molar refractivity (Wildman–Crippen MR) is 104 cm³/mol. The van der Waals surface area contributed by atoms with E-state index >= 15 is 0 Å². The van der Waals surface area contributed by atoms with Gasteiger partial charge < -0.3 is 15.0 Å². The number of ether oxygens (including phenoxy) is 1. The summed E-state index contributed by atoms with van der Waals surface area (Å²) in [5.74, 6) is 2.04. The molecule has 0 fully saturated rings. The predicted octanol–water partition coefficient (Wildman–Crippen LogP) is 2.55. The van der Waals surface area contributed by atoms with Crippen LogP contribution in [0.3, 0.4) is 0 Å². The topological polar surface area (TPSA) is 84.7 Å². The van der Waals surface area contributed by atoms with Gasteiger partial charge in [0.15, 0.2) is 11.5 Å². The molecule has 0 atom stereocenters. The Morgan fingerprint density at radius 2 is 1.93 bits per heavy atom. The van der Waals surface area contributed by atoms with Crippen molar-refractivity contribution in [3.8, 4) is 5.75 Å². The van der Waals surface area contributed by atoms with E-state index in [1.807, 2.05) is 24.3 Å². The maximum atomic E-state index is 12.3. The first-order chi connectivity index (χ1) is 13.2. The molecule has 0 radical (unpaired) electrons. The van der Waals surface area contributed by atoms with E-state index in [1.165, 1.54) is 0 Å². The van der Waals surface area contributed by atoms with Crippen LogP contribution < -0.4 is 15.0 Å². The van der Waals surface area contributed by atoms with E-state index in [0.29, 0.717) is 29.3 Å². The van der Waals surface area contributed by atoms with Crippen LogP contribution in [-0.4, -0.2) is 45.9 Å². The number of methoxy groups -OCH3 is 1. The molecule has 0 spiro atoms. The number of nitrogens with zero attached hydrogens (tertiary/aromatic N) is 5. The first-order valence-corrected chi connectivity index (χ1v) is 9.05. The zero-order chi connectivity index (χ0) is 19.2. The molecule has 8 heteroatoms. The van der Waals surface area contributed by atoms with Gasteiger partial charge in [-0.25, -0.2) is 0 Å². The smallest absolute Gasteiger partial charge is 0.224 e. The van der Waals surface area contributed by atoms with Crippen molar-refractivity contribution in [1.82, 2.24) is 19.8 Å². The number of aryl methyl sites for hydroxylation is 1. The number of rotatable bonds is 8. The summed E-state index contributed by atoms with van der Waals surface area (Å²) in [4.78, 5) is 14.5. The number of fused-ring (bicyclic) bond motifs is 1. The minimum Gasteiger partial charge on any atom is -0.495 e. The van der Waals surface area contributed by atoms with Crippen molar-refractivity contribution in [3.05, 3.63) is 42.2 Å². The Labute approximate surface area is 158 Å². The number of anilines is 2. The van der Waals surface area contributed by atoms with Gasteiger partial charge in [0.1, 0.15) is 11.6 Å². The number of benzene rings is 1. The summed E-state index contributed by atoms with van der Waals surface area (Å²) >= 11 is 0. The van der Waals surface area contributed by atoms with Gasteiger partial charge in [-0.3, -0.25) is 4.79 Å². The van der Waals surface area contributed by atoms with Gasteiger partial charge in [-0.05, 0) is 38.1 Å². The number of aromatic nitrogens is 4. The molecule has 27 heavy (non-hydrogen) atoms. The standard InChI is InChI=1S/C19H24N6O2/c1-4-24(5-2)18-11-10-16-21-22-17(25(16)23-18)12-13-19(26)20-14-8-6-7-9-15(14)27-3/h6-11H,4-5,12-13H2,1-3H3,(H,20,26). The summed E-state index contributed by atoms with van der Waals surface area (Å²) in [6.45, 7) is 5.91. The minimum atomic E-state index is -0.115. The van der Waals surface area contributed by atoms with Crippen LogP contribution in [0.25, 0.3) is 5.65 Å². The van der Waals surface area contributed by atoms with Gasteiger partial charge in [0.2, 0.25) is 5.91 Å². The molecule has 0 aliphatic carbocycles. The van der Waals surface area contributed by atoms with Crippen LogP contribution in [-0.2, 0) is 11.2 Å². The van der Waals surface area contributed by atoms with Gasteiger partial charge >= 0.3 is 0 Å². The fourth-order valence-corrected chi connectivity index (χ4v) is 2.88. The van der Waals surface area contributed by atoms with E-state index in [-0.39, 0.29) is 12.3 Å². The molecule has 2 aromatic heterocycles. The van der Waals surface area contributed by atoms with Gasteiger partial charge in [-0.15, -0.1) is 15.3 Å². The molecular weight excluding hydrogens is 344 g/mol. The van der Waals surface area contributed by atoms with Crippen LogP contribution in [0, 0.1) is 0 Å². The molecule has 142 valence electrons. The molecule has 1 amide bonds. The maximum Gasteiger partial charge on any atom is 0.224 e. The van der Waals surface area contributed by atoms with Gasteiger partial charge in [-0.2, -0.15) is 4.52 Å². The maximum absolute atomic E-state index is 12.3. The van der Waals surface area contributed by atoms with Crippen molar-refractivity contribution in [2.24, 2.45) is 0 Å². The first kappa shape index (κ1) is 18.6. The molecule has 0 saturated carbocycles. The number of amides is 1. The van der Waals surface area contributed by atoms with E-state index in [4.69, 9.17) is 4.74 Å². The Hall–Kier alpha value is -3.16. The van der Waals surface area contributed by atoms with Crippen LogP contribution in [0.15, 0.2) is 36.4 Å². The average molecular weight is 368 g/mol. The van der Waals surface area contributed by atoms with Gasteiger partial charge in [0, 0.05) is 25.9 Å². The molecule has 2 heterocycles. The number of carbonyl (C=O) groups excluding carboxylic acids is 1. The molecule has 0 unspecified atom stereocenters. The Balaban J connectivity index is 1.71. The molecule has 0 saturated heterocycles. The zero-order valence-electron chi connectivity index (χ0n) is 15.8. The molecule has 1 N–H and O–H groups in total. The summed E-state index contributed by atoms with van der Waals surface area (Å²) in [7, 11) is 1.58. The second kappa shape index (κ2) is 8.48. The highest BCUT2D eigenvalue weighted by Gasteiger charge is 2.13. The minimum absolute atomic E-state index is 0.115. The lowest BCUT2D eigenvalue weighted by molar-refractivity contribution is -0.116. The highest BCUT2D eigenvalue weighted by atomic mass is 16.5. The molecule has 0 aliphatic heterocycles. The van der Waals surface area contributed by atoms with E-state index in [2.05, 4.69) is 39.4 Å². The largest absolute Gasteiger partial charge is 0.495 e. The van der Waals surface area contributed by atoms with Crippen LogP contribution >= 0.6 is 0 Å². The third-order valence-corrected chi connectivity index (χ3v) is 4.36. The Morgan fingerprint density at radius 1 is 1.15 bits per heavy atom. The van der Waals surface area contributed by atoms with Crippen molar-refractivity contribution >= 4 is 23.1 Å². The second-order valence-electron chi connectivity index (χ2n) is 6.00. The van der Waals surface area contributed by atoms with Crippen LogP contribution in [0.2, 0.25) is 0 Å². The molecule has 0 aliphatic rings. The molecule has 0 bridgehead atoms. The number of nitrogens with one attached hydrogen (secondary N) is 1. The van der Waals surface area contributed by atoms with Crippen molar-refractivity contribution in [1.29, 1.82) is 0 Å². The van der Waals surface area contributed by atoms with Crippen LogP contribution in [0.4, 0.5) is 11.5 Å². The summed E-state index contributed by atoms with van der Waals surface area (Å²) in [5.41, 5.74) is 1.32. The molecular formula is C19H24N6O2. The molecule has 8 nitrogen and oxygen atoms in total. The molecule has 3 aromatic rings. The molecule has 3 rings (SSSR count). The molecule has 1 aromatic carbocycles. The third kappa shape index (κ3) is 4.16. The van der Waals surface area contributed by atoms with Gasteiger partial charge in [0.05, 0.1) is 12.8 Å². The Morgan fingerprint density at radius 3 is 2.67 bits per heavy atom. The van der Waals surface area contributed by atoms with Crippen molar-refractivity contribution in [2.45, 2.75) is 26.7 Å². The number of carbonyl (C=O) groups is 1. The van der Waals surface area contributed by atoms with Gasteiger partial charge in [0.25, 0.3) is 0 Å². The summed E-state index contributed by atoms with van der Waals surface area (Å²) in [5, 5.41) is 15.8. The summed E-state index contributed by atoms with van der Waals surface area (Å²) in [6, 6.07) is 11.2. The number of hydrogen-bond donors (Lipinski definition) is 1. The third-order valence-electron chi connectivity index (χ3n) is 4.36. The average Bonchev–Trinajstić information content (AvgIpc) is 3.10. The highest BCUT2D eigenvalue weighted by molar-refractivity contribution is 5.92. The normalized spacial score (nSPS) is 10.8. The van der Waals surface area contributed by atoms with Crippen LogP contribution in [0.1, 0.15) is 26.1 Å². The van der Waals surface area contributed by atoms with Crippen molar-refractivity contribution in [2.75, 3.05) is 30.4 Å². The van der Waals surface area contributed by atoms with E-state index in [1.54, 1.807) is 23.8 Å². The van der Waals surface area contributed by atoms with E-state index in [9.17, 15) is 4.79 Å². The number of para-hydroxylation sites is 2. The monoisotopic (exact) mass is 368 g/mol. The Bertz CT molecular complexity index is 919. The van der Waals surface area contributed by atoms with E-state index in [0.717, 1.165) is 18.9 Å². The quantitative estimate of drug-likeness (QED) is 0.658. The highest BCUT2D eigenvalue weighted by Crippen LogP contribution is 2.23.